The minimum Gasteiger partial charge on any atom is -0.454 e. The molecular weight excluding hydrogens is 388 g/mol. The van der Waals surface area contributed by atoms with Crippen molar-refractivity contribution < 1.29 is 28.6 Å². The van der Waals surface area contributed by atoms with Crippen molar-refractivity contribution in [2.24, 2.45) is 0 Å². The minimum atomic E-state index is -0.713. The zero-order chi connectivity index (χ0) is 21.7. The molecule has 0 saturated carbocycles. The molecule has 158 valence electrons. The summed E-state index contributed by atoms with van der Waals surface area (Å²) < 4.78 is 15.3. The molecule has 30 heavy (non-hydrogen) atoms. The molecule has 0 aromatic heterocycles. The van der Waals surface area contributed by atoms with E-state index in [-0.39, 0.29) is 18.8 Å². The van der Waals surface area contributed by atoms with Crippen LogP contribution in [0.1, 0.15) is 36.7 Å². The van der Waals surface area contributed by atoms with E-state index in [1.165, 1.54) is 0 Å². The van der Waals surface area contributed by atoms with Crippen LogP contribution in [-0.4, -0.2) is 37.7 Å². The quantitative estimate of drug-likeness (QED) is 0.707. The SMILES string of the molecule is CC(C)(C)c1ccc(C(=O)NCC(=O)OCC(=O)Nc2ccc3c(c2)OCO3)cc1. The number of nitrogens with one attached hydrogen (secondary N) is 2. The van der Waals surface area contributed by atoms with Gasteiger partial charge in [-0.3, -0.25) is 14.4 Å². The maximum atomic E-state index is 12.2. The number of carbonyl (C=O) groups is 3. The number of fused-ring (bicyclic) bond motifs is 1. The second kappa shape index (κ2) is 8.86. The molecule has 0 saturated heterocycles. The van der Waals surface area contributed by atoms with E-state index in [1.807, 2.05) is 12.1 Å². The van der Waals surface area contributed by atoms with Gasteiger partial charge in [-0.25, -0.2) is 0 Å². The summed E-state index contributed by atoms with van der Waals surface area (Å²) in [7, 11) is 0. The number of hydrogen-bond donors (Lipinski definition) is 2. The molecule has 0 aliphatic carbocycles. The number of benzene rings is 2. The van der Waals surface area contributed by atoms with Crippen molar-refractivity contribution in [3.8, 4) is 11.5 Å². The minimum absolute atomic E-state index is 0.0139. The van der Waals surface area contributed by atoms with E-state index in [1.54, 1.807) is 30.3 Å². The second-order valence-corrected chi connectivity index (χ2v) is 7.79. The average molecular weight is 412 g/mol. The summed E-state index contributed by atoms with van der Waals surface area (Å²) >= 11 is 0. The lowest BCUT2D eigenvalue weighted by Crippen LogP contribution is -2.32. The van der Waals surface area contributed by atoms with Gasteiger partial charge in [-0.1, -0.05) is 32.9 Å². The summed E-state index contributed by atoms with van der Waals surface area (Å²) in [5.41, 5.74) is 2.02. The smallest absolute Gasteiger partial charge is 0.325 e. The third-order valence-corrected chi connectivity index (χ3v) is 4.43. The molecule has 2 aromatic carbocycles. The molecule has 8 heteroatoms. The highest BCUT2D eigenvalue weighted by atomic mass is 16.7. The lowest BCUT2D eigenvalue weighted by molar-refractivity contribution is -0.146. The van der Waals surface area contributed by atoms with Crippen molar-refractivity contribution in [3.05, 3.63) is 53.6 Å². The van der Waals surface area contributed by atoms with Crippen LogP contribution in [0.5, 0.6) is 11.5 Å². The molecule has 1 aliphatic rings. The van der Waals surface area contributed by atoms with Crippen molar-refractivity contribution in [1.29, 1.82) is 0 Å². The summed E-state index contributed by atoms with van der Waals surface area (Å²) in [5, 5.41) is 5.08. The highest BCUT2D eigenvalue weighted by Gasteiger charge is 2.16. The molecule has 0 bridgehead atoms. The van der Waals surface area contributed by atoms with Gasteiger partial charge in [0, 0.05) is 17.3 Å². The maximum absolute atomic E-state index is 12.2. The highest BCUT2D eigenvalue weighted by Crippen LogP contribution is 2.34. The summed E-state index contributed by atoms with van der Waals surface area (Å²) in [6.07, 6.45) is 0. The van der Waals surface area contributed by atoms with Crippen LogP contribution in [0.3, 0.4) is 0 Å². The number of esters is 1. The lowest BCUT2D eigenvalue weighted by Gasteiger charge is -2.19. The van der Waals surface area contributed by atoms with Crippen LogP contribution in [0.15, 0.2) is 42.5 Å². The Morgan fingerprint density at radius 2 is 1.70 bits per heavy atom. The topological polar surface area (TPSA) is 103 Å². The van der Waals surface area contributed by atoms with Gasteiger partial charge in [-0.05, 0) is 35.2 Å². The van der Waals surface area contributed by atoms with Crippen molar-refractivity contribution >= 4 is 23.5 Å². The van der Waals surface area contributed by atoms with Crippen molar-refractivity contribution in [1.82, 2.24) is 5.32 Å². The standard InChI is InChI=1S/C22H24N2O6/c1-22(2,3)15-6-4-14(5-7-15)21(27)23-11-20(26)28-12-19(25)24-16-8-9-17-18(10-16)30-13-29-17/h4-10H,11-13H2,1-3H3,(H,23,27)(H,24,25). The Hall–Kier alpha value is -3.55. The lowest BCUT2D eigenvalue weighted by atomic mass is 9.87. The van der Waals surface area contributed by atoms with E-state index in [4.69, 9.17) is 14.2 Å². The van der Waals surface area contributed by atoms with E-state index in [9.17, 15) is 14.4 Å². The van der Waals surface area contributed by atoms with Gasteiger partial charge in [0.05, 0.1) is 0 Å². The van der Waals surface area contributed by atoms with Gasteiger partial charge in [0.2, 0.25) is 6.79 Å². The summed E-state index contributed by atoms with van der Waals surface area (Å²) in [5.74, 6) is -0.481. The molecule has 0 unspecified atom stereocenters. The van der Waals surface area contributed by atoms with Crippen LogP contribution in [0.2, 0.25) is 0 Å². The number of hydrogen-bond acceptors (Lipinski definition) is 6. The van der Waals surface area contributed by atoms with Gasteiger partial charge in [0.1, 0.15) is 6.54 Å². The first-order chi connectivity index (χ1) is 14.2. The number of ether oxygens (including phenoxy) is 3. The van der Waals surface area contributed by atoms with Crippen molar-refractivity contribution in [2.45, 2.75) is 26.2 Å². The Morgan fingerprint density at radius 1 is 1.00 bits per heavy atom. The van der Waals surface area contributed by atoms with Crippen LogP contribution in [-0.2, 0) is 19.7 Å². The molecule has 0 spiro atoms. The zero-order valence-corrected chi connectivity index (χ0v) is 17.1. The third-order valence-electron chi connectivity index (χ3n) is 4.43. The monoisotopic (exact) mass is 412 g/mol. The Kier molecular flexibility index (Phi) is 6.25. The molecular formula is C22H24N2O6. The fraction of sp³-hybridized carbons (Fsp3) is 0.318. The van der Waals surface area contributed by atoms with E-state index in [0.29, 0.717) is 22.7 Å². The number of carbonyl (C=O) groups excluding carboxylic acids is 3. The third kappa shape index (κ3) is 5.50. The summed E-state index contributed by atoms with van der Waals surface area (Å²) in [4.78, 5) is 35.9. The summed E-state index contributed by atoms with van der Waals surface area (Å²) in [6.45, 7) is 5.58. The number of amides is 2. The van der Waals surface area contributed by atoms with E-state index in [0.717, 1.165) is 5.56 Å². The molecule has 3 rings (SSSR count). The van der Waals surface area contributed by atoms with Crippen LogP contribution in [0.4, 0.5) is 5.69 Å². The predicted octanol–water partition coefficient (Wildman–Crippen LogP) is 2.62. The van der Waals surface area contributed by atoms with Gasteiger partial charge in [0.25, 0.3) is 11.8 Å². The predicted molar refractivity (Wildman–Crippen MR) is 110 cm³/mol. The molecule has 1 heterocycles. The Bertz CT molecular complexity index is 947. The van der Waals surface area contributed by atoms with Gasteiger partial charge in [-0.15, -0.1) is 0 Å². The Balaban J connectivity index is 1.41. The highest BCUT2D eigenvalue weighted by molar-refractivity contribution is 5.96. The first-order valence-corrected chi connectivity index (χ1v) is 9.46. The van der Waals surface area contributed by atoms with Crippen molar-refractivity contribution in [2.75, 3.05) is 25.3 Å². The molecule has 2 aromatic rings. The number of rotatable bonds is 6. The van der Waals surface area contributed by atoms with E-state index < -0.39 is 24.4 Å². The molecule has 0 radical (unpaired) electrons. The molecule has 1 aliphatic heterocycles. The molecule has 8 nitrogen and oxygen atoms in total. The molecule has 2 amide bonds. The van der Waals surface area contributed by atoms with Crippen LogP contribution in [0, 0.1) is 0 Å². The molecule has 0 fully saturated rings. The van der Waals surface area contributed by atoms with Crippen LogP contribution < -0.4 is 20.1 Å². The zero-order valence-electron chi connectivity index (χ0n) is 17.1. The van der Waals surface area contributed by atoms with Gasteiger partial charge in [-0.2, -0.15) is 0 Å². The van der Waals surface area contributed by atoms with Gasteiger partial charge in [0.15, 0.2) is 18.1 Å². The fourth-order valence-corrected chi connectivity index (χ4v) is 2.74. The average Bonchev–Trinajstić information content (AvgIpc) is 3.17. The molecule has 2 N–H and O–H groups in total. The number of anilines is 1. The Morgan fingerprint density at radius 3 is 2.40 bits per heavy atom. The van der Waals surface area contributed by atoms with E-state index in [2.05, 4.69) is 31.4 Å². The normalized spacial score (nSPS) is 12.2. The first kappa shape index (κ1) is 21.2. The van der Waals surface area contributed by atoms with Crippen LogP contribution in [0.25, 0.3) is 0 Å². The largest absolute Gasteiger partial charge is 0.454 e. The molecule has 0 atom stereocenters. The second-order valence-electron chi connectivity index (χ2n) is 7.79. The van der Waals surface area contributed by atoms with Gasteiger partial charge >= 0.3 is 5.97 Å². The first-order valence-electron chi connectivity index (χ1n) is 9.46. The van der Waals surface area contributed by atoms with E-state index >= 15 is 0 Å². The van der Waals surface area contributed by atoms with Crippen molar-refractivity contribution in [3.63, 3.8) is 0 Å². The van der Waals surface area contributed by atoms with Gasteiger partial charge < -0.3 is 24.8 Å². The Labute approximate surface area is 174 Å². The maximum Gasteiger partial charge on any atom is 0.325 e. The van der Waals surface area contributed by atoms with Crippen LogP contribution >= 0.6 is 0 Å². The summed E-state index contributed by atoms with van der Waals surface area (Å²) in [6, 6.07) is 12.1. The fourth-order valence-electron chi connectivity index (χ4n) is 2.74.